The van der Waals surface area contributed by atoms with Gasteiger partial charge in [0.25, 0.3) is 0 Å². The lowest BCUT2D eigenvalue weighted by molar-refractivity contribution is -0.134. The third-order valence-corrected chi connectivity index (χ3v) is 4.71. The quantitative estimate of drug-likeness (QED) is 0.581. The standard InChI is InChI=1S/C22H32N2O4/c1-16-13-23(21(26)28-22(3,4)5)14-17(2)24(16)15-19-9-7-18(8-10-19)11-12-20(25)27-6/h7-12,16-17H,13-15H2,1-6H3. The third kappa shape index (κ3) is 6.37. The Kier molecular flexibility index (Phi) is 7.24. The molecule has 0 radical (unpaired) electrons. The van der Waals surface area contributed by atoms with E-state index in [2.05, 4.69) is 35.6 Å². The number of ether oxygens (including phenoxy) is 2. The smallest absolute Gasteiger partial charge is 0.410 e. The number of methoxy groups -OCH3 is 1. The molecule has 28 heavy (non-hydrogen) atoms. The first kappa shape index (κ1) is 22.0. The molecular formula is C22H32N2O4. The van der Waals surface area contributed by atoms with Gasteiger partial charge in [0, 0.05) is 37.8 Å². The zero-order valence-electron chi connectivity index (χ0n) is 17.8. The lowest BCUT2D eigenvalue weighted by atomic mass is 10.1. The summed E-state index contributed by atoms with van der Waals surface area (Å²) < 4.78 is 10.1. The Labute approximate surface area is 168 Å². The molecule has 1 fully saturated rings. The average molecular weight is 389 g/mol. The van der Waals surface area contributed by atoms with Crippen molar-refractivity contribution in [1.82, 2.24) is 9.80 Å². The van der Waals surface area contributed by atoms with Crippen LogP contribution in [0.1, 0.15) is 45.7 Å². The molecule has 1 heterocycles. The summed E-state index contributed by atoms with van der Waals surface area (Å²) >= 11 is 0. The molecule has 0 bridgehead atoms. The van der Waals surface area contributed by atoms with E-state index in [1.54, 1.807) is 11.0 Å². The SMILES string of the molecule is COC(=O)C=Cc1ccc(CN2C(C)CN(C(=O)OC(C)(C)C)CC2C)cc1. The zero-order chi connectivity index (χ0) is 20.9. The van der Waals surface area contributed by atoms with Crippen LogP contribution >= 0.6 is 0 Å². The number of carbonyl (C=O) groups excluding carboxylic acids is 2. The minimum atomic E-state index is -0.481. The van der Waals surface area contributed by atoms with Crippen LogP contribution < -0.4 is 0 Å². The predicted octanol–water partition coefficient (Wildman–Crippen LogP) is 3.70. The minimum Gasteiger partial charge on any atom is -0.466 e. The van der Waals surface area contributed by atoms with Crippen LogP contribution in [0.25, 0.3) is 6.08 Å². The van der Waals surface area contributed by atoms with Gasteiger partial charge in [-0.25, -0.2) is 9.59 Å². The summed E-state index contributed by atoms with van der Waals surface area (Å²) in [5.74, 6) is -0.366. The lowest BCUT2D eigenvalue weighted by Crippen LogP contribution is -2.58. The van der Waals surface area contributed by atoms with Crippen molar-refractivity contribution in [3.63, 3.8) is 0 Å². The van der Waals surface area contributed by atoms with Crippen LogP contribution in [0.4, 0.5) is 4.79 Å². The van der Waals surface area contributed by atoms with Gasteiger partial charge in [0.1, 0.15) is 5.60 Å². The first-order chi connectivity index (χ1) is 13.1. The molecule has 1 aliphatic heterocycles. The van der Waals surface area contributed by atoms with Gasteiger partial charge in [-0.1, -0.05) is 24.3 Å². The highest BCUT2D eigenvalue weighted by Gasteiger charge is 2.33. The Balaban J connectivity index is 1.97. The molecule has 0 aromatic heterocycles. The summed E-state index contributed by atoms with van der Waals surface area (Å²) in [5, 5.41) is 0. The van der Waals surface area contributed by atoms with Crippen molar-refractivity contribution in [2.24, 2.45) is 0 Å². The van der Waals surface area contributed by atoms with E-state index in [9.17, 15) is 9.59 Å². The van der Waals surface area contributed by atoms with Gasteiger partial charge >= 0.3 is 12.1 Å². The largest absolute Gasteiger partial charge is 0.466 e. The summed E-state index contributed by atoms with van der Waals surface area (Å²) in [7, 11) is 1.36. The second-order valence-corrected chi connectivity index (χ2v) is 8.35. The molecule has 0 N–H and O–H groups in total. The fourth-order valence-corrected chi connectivity index (χ4v) is 3.32. The number of hydrogen-bond donors (Lipinski definition) is 0. The van der Waals surface area contributed by atoms with E-state index in [0.717, 1.165) is 12.1 Å². The van der Waals surface area contributed by atoms with Gasteiger partial charge in [-0.15, -0.1) is 0 Å². The van der Waals surface area contributed by atoms with Crippen LogP contribution in [-0.4, -0.2) is 59.7 Å². The van der Waals surface area contributed by atoms with Crippen LogP contribution in [0.5, 0.6) is 0 Å². The minimum absolute atomic E-state index is 0.232. The highest BCUT2D eigenvalue weighted by Crippen LogP contribution is 2.21. The van der Waals surface area contributed by atoms with E-state index in [1.807, 2.05) is 32.9 Å². The topological polar surface area (TPSA) is 59.1 Å². The van der Waals surface area contributed by atoms with Gasteiger partial charge in [-0.2, -0.15) is 0 Å². The normalized spacial score (nSPS) is 21.0. The number of amides is 1. The van der Waals surface area contributed by atoms with Crippen LogP contribution in [0.2, 0.25) is 0 Å². The molecule has 1 aromatic carbocycles. The van der Waals surface area contributed by atoms with Crippen molar-refractivity contribution in [2.75, 3.05) is 20.2 Å². The van der Waals surface area contributed by atoms with Crippen molar-refractivity contribution >= 4 is 18.1 Å². The van der Waals surface area contributed by atoms with Crippen molar-refractivity contribution in [3.05, 3.63) is 41.5 Å². The summed E-state index contributed by atoms with van der Waals surface area (Å²) in [6.45, 7) is 12.1. The Hall–Kier alpha value is -2.34. The average Bonchev–Trinajstić information content (AvgIpc) is 2.62. The third-order valence-electron chi connectivity index (χ3n) is 4.71. The molecule has 2 atom stereocenters. The summed E-state index contributed by atoms with van der Waals surface area (Å²) in [5.41, 5.74) is 1.66. The van der Waals surface area contributed by atoms with Crippen molar-refractivity contribution in [2.45, 2.75) is 58.8 Å². The Morgan fingerprint density at radius 1 is 1.11 bits per heavy atom. The van der Waals surface area contributed by atoms with E-state index in [-0.39, 0.29) is 24.1 Å². The molecule has 0 saturated carbocycles. The van der Waals surface area contributed by atoms with Crippen LogP contribution in [-0.2, 0) is 20.8 Å². The van der Waals surface area contributed by atoms with E-state index in [4.69, 9.17) is 4.74 Å². The molecule has 1 aromatic rings. The molecule has 0 spiro atoms. The van der Waals surface area contributed by atoms with Gasteiger partial charge < -0.3 is 14.4 Å². The highest BCUT2D eigenvalue weighted by atomic mass is 16.6. The maximum absolute atomic E-state index is 12.4. The Morgan fingerprint density at radius 3 is 2.18 bits per heavy atom. The first-order valence-corrected chi connectivity index (χ1v) is 9.67. The Bertz CT molecular complexity index is 694. The van der Waals surface area contributed by atoms with Crippen LogP contribution in [0.3, 0.4) is 0 Å². The maximum atomic E-state index is 12.4. The molecule has 2 unspecified atom stereocenters. The fourth-order valence-electron chi connectivity index (χ4n) is 3.32. The van der Waals surface area contributed by atoms with E-state index in [0.29, 0.717) is 13.1 Å². The van der Waals surface area contributed by atoms with E-state index in [1.165, 1.54) is 18.7 Å². The van der Waals surface area contributed by atoms with E-state index < -0.39 is 5.60 Å². The summed E-state index contributed by atoms with van der Waals surface area (Å²) in [6.07, 6.45) is 2.91. The van der Waals surface area contributed by atoms with Gasteiger partial charge in [0.15, 0.2) is 0 Å². The second-order valence-electron chi connectivity index (χ2n) is 8.35. The molecule has 1 aliphatic rings. The molecular weight excluding hydrogens is 356 g/mol. The van der Waals surface area contributed by atoms with Gasteiger partial charge in [-0.3, -0.25) is 4.90 Å². The number of carbonyl (C=O) groups is 2. The summed E-state index contributed by atoms with van der Waals surface area (Å²) in [6, 6.07) is 8.57. The number of esters is 1. The first-order valence-electron chi connectivity index (χ1n) is 9.67. The van der Waals surface area contributed by atoms with Gasteiger partial charge in [0.05, 0.1) is 7.11 Å². The van der Waals surface area contributed by atoms with Crippen molar-refractivity contribution in [1.29, 1.82) is 0 Å². The van der Waals surface area contributed by atoms with Crippen molar-refractivity contribution in [3.8, 4) is 0 Å². The van der Waals surface area contributed by atoms with Crippen LogP contribution in [0, 0.1) is 0 Å². The molecule has 2 rings (SSSR count). The maximum Gasteiger partial charge on any atom is 0.410 e. The van der Waals surface area contributed by atoms with Crippen LogP contribution in [0.15, 0.2) is 30.3 Å². The fraction of sp³-hybridized carbons (Fsp3) is 0.545. The molecule has 0 aliphatic carbocycles. The predicted molar refractivity (Wildman–Crippen MR) is 110 cm³/mol. The monoisotopic (exact) mass is 388 g/mol. The number of piperazine rings is 1. The number of benzene rings is 1. The zero-order valence-corrected chi connectivity index (χ0v) is 17.8. The highest BCUT2D eigenvalue weighted by molar-refractivity contribution is 5.86. The number of nitrogens with zero attached hydrogens (tertiary/aromatic N) is 2. The Morgan fingerprint density at radius 2 is 1.68 bits per heavy atom. The second kappa shape index (κ2) is 9.24. The number of rotatable bonds is 4. The molecule has 6 nitrogen and oxygen atoms in total. The molecule has 6 heteroatoms. The molecule has 1 saturated heterocycles. The number of hydrogen-bond acceptors (Lipinski definition) is 5. The van der Waals surface area contributed by atoms with Gasteiger partial charge in [0.2, 0.25) is 0 Å². The summed E-state index contributed by atoms with van der Waals surface area (Å²) in [4.78, 5) is 27.8. The van der Waals surface area contributed by atoms with Crippen molar-refractivity contribution < 1.29 is 19.1 Å². The molecule has 1 amide bonds. The van der Waals surface area contributed by atoms with Gasteiger partial charge in [-0.05, 0) is 51.8 Å². The molecule has 154 valence electrons. The lowest BCUT2D eigenvalue weighted by Gasteiger charge is -2.44. The van der Waals surface area contributed by atoms with E-state index >= 15 is 0 Å².